The van der Waals surface area contributed by atoms with Crippen molar-refractivity contribution in [2.45, 2.75) is 125 Å². The zero-order valence-corrected chi connectivity index (χ0v) is 33.1. The molecule has 10 atom stereocenters. The smallest absolute Gasteiger partial charge is 0.251 e. The van der Waals surface area contributed by atoms with Crippen LogP contribution in [0, 0.1) is 68.0 Å². The average molecular weight is 719 g/mol. The predicted octanol–water partition coefficient (Wildman–Crippen LogP) is 8.56. The van der Waals surface area contributed by atoms with Crippen LogP contribution in [0.5, 0.6) is 0 Å². The fraction of sp³-hybridized carbons (Fsp3) is 0.652. The molecule has 2 aromatic rings. The van der Waals surface area contributed by atoms with Crippen LogP contribution in [-0.2, 0) is 17.8 Å². The van der Waals surface area contributed by atoms with E-state index in [2.05, 4.69) is 69.8 Å². The molecule has 284 valence electrons. The van der Waals surface area contributed by atoms with Crippen molar-refractivity contribution in [3.8, 4) is 6.07 Å². The number of amides is 2. The summed E-state index contributed by atoms with van der Waals surface area (Å²) < 4.78 is 0. The third kappa shape index (κ3) is 5.97. The van der Waals surface area contributed by atoms with Gasteiger partial charge in [0.1, 0.15) is 6.07 Å². The number of carbonyl (C=O) groups is 2. The van der Waals surface area contributed by atoms with Crippen LogP contribution in [0.4, 0.5) is 0 Å². The molecule has 0 aliphatic heterocycles. The Kier molecular flexibility index (Phi) is 9.74. The normalized spacial score (nSPS) is 38.2. The minimum absolute atomic E-state index is 0.0546. The fourth-order valence-corrected chi connectivity index (χ4v) is 13.8. The number of allylic oxidation sites excluding steroid dienone is 1. The second-order valence-corrected chi connectivity index (χ2v) is 19.3. The van der Waals surface area contributed by atoms with E-state index in [1.807, 2.05) is 24.3 Å². The number of aromatic nitrogens is 1. The molecule has 7 heteroatoms. The first-order valence-corrected chi connectivity index (χ1v) is 20.4. The van der Waals surface area contributed by atoms with E-state index < -0.39 is 0 Å². The zero-order valence-electron chi connectivity index (χ0n) is 33.1. The van der Waals surface area contributed by atoms with Crippen molar-refractivity contribution in [1.29, 1.82) is 5.26 Å². The summed E-state index contributed by atoms with van der Waals surface area (Å²) in [6.07, 6.45) is 12.8. The molecule has 4 unspecified atom stereocenters. The molecule has 3 N–H and O–H groups in total. The van der Waals surface area contributed by atoms with Gasteiger partial charge in [-0.2, -0.15) is 5.26 Å². The number of rotatable bonds is 8. The number of pyridine rings is 1. The Morgan fingerprint density at radius 2 is 1.72 bits per heavy atom. The van der Waals surface area contributed by atoms with Crippen LogP contribution in [0.3, 0.4) is 0 Å². The summed E-state index contributed by atoms with van der Waals surface area (Å²) in [6, 6.07) is 13.1. The number of nitriles is 1. The van der Waals surface area contributed by atoms with Crippen LogP contribution in [0.1, 0.15) is 133 Å². The summed E-state index contributed by atoms with van der Waals surface area (Å²) in [7, 11) is 0. The average Bonchev–Trinajstić information content (AvgIpc) is 3.54. The lowest BCUT2D eigenvalue weighted by molar-refractivity contribution is -0.246. The molecule has 1 aromatic heterocycles. The van der Waals surface area contributed by atoms with Crippen LogP contribution in [-0.4, -0.2) is 34.6 Å². The highest BCUT2D eigenvalue weighted by Gasteiger charge is 2.71. The van der Waals surface area contributed by atoms with Gasteiger partial charge in [0.15, 0.2) is 0 Å². The van der Waals surface area contributed by atoms with Crippen molar-refractivity contribution in [1.82, 2.24) is 15.6 Å². The minimum atomic E-state index is -0.365. The molecule has 5 aliphatic carbocycles. The number of fused-ring (bicyclic) bond motifs is 7. The molecule has 2 amide bonds. The minimum Gasteiger partial charge on any atom is -0.393 e. The van der Waals surface area contributed by atoms with Gasteiger partial charge < -0.3 is 15.7 Å². The summed E-state index contributed by atoms with van der Waals surface area (Å²) in [5.41, 5.74) is 4.19. The van der Waals surface area contributed by atoms with Gasteiger partial charge in [-0.15, -0.1) is 0 Å². The quantitative estimate of drug-likeness (QED) is 0.237. The molecule has 7 rings (SSSR count). The highest BCUT2D eigenvalue weighted by molar-refractivity contribution is 5.94. The molecule has 5 aliphatic rings. The molecule has 5 fully saturated rings. The van der Waals surface area contributed by atoms with E-state index >= 15 is 0 Å². The van der Waals surface area contributed by atoms with E-state index in [9.17, 15) is 14.7 Å². The molecule has 0 bridgehead atoms. The lowest BCUT2D eigenvalue weighted by Crippen LogP contribution is -2.67. The molecule has 0 radical (unpaired) electrons. The lowest BCUT2D eigenvalue weighted by atomic mass is 9.32. The molecular weight excluding hydrogens is 657 g/mol. The molecule has 0 spiro atoms. The molecule has 1 heterocycles. The summed E-state index contributed by atoms with van der Waals surface area (Å²) in [5.74, 6) is 2.40. The highest BCUT2D eigenvalue weighted by atomic mass is 16.3. The van der Waals surface area contributed by atoms with Crippen molar-refractivity contribution < 1.29 is 14.7 Å². The first kappa shape index (κ1) is 37.8. The number of hydrogen-bond donors (Lipinski definition) is 3. The van der Waals surface area contributed by atoms with Gasteiger partial charge in [-0.1, -0.05) is 58.9 Å². The van der Waals surface area contributed by atoms with E-state index in [1.54, 1.807) is 12.1 Å². The number of hydrogen-bond acceptors (Lipinski definition) is 5. The van der Waals surface area contributed by atoms with Gasteiger partial charge in [0.2, 0.25) is 5.91 Å². The van der Waals surface area contributed by atoms with E-state index in [4.69, 9.17) is 5.26 Å². The highest BCUT2D eigenvalue weighted by Crippen LogP contribution is 2.77. The second-order valence-electron chi connectivity index (χ2n) is 19.3. The SMILES string of the molecule is C=C(C)[C@@H]1CC[C@]2(C(=O)NCCc3cccc(C(=O)NCc4ccc(C#N)cn4)c3)CC[C@]3(C)C(CCC4[C@@]5(C)CC[C@H](O)C(C)(C)C5CC[C@]43C)C12. The van der Waals surface area contributed by atoms with Gasteiger partial charge >= 0.3 is 0 Å². The van der Waals surface area contributed by atoms with Crippen molar-refractivity contribution in [2.24, 2.45) is 56.7 Å². The number of aliphatic hydroxyl groups is 1. The number of nitrogens with zero attached hydrogens (tertiary/aromatic N) is 2. The third-order valence-corrected chi connectivity index (χ3v) is 16.8. The molecule has 53 heavy (non-hydrogen) atoms. The van der Waals surface area contributed by atoms with Gasteiger partial charge in [0.05, 0.1) is 29.3 Å². The zero-order chi connectivity index (χ0) is 38.0. The van der Waals surface area contributed by atoms with Crippen molar-refractivity contribution in [3.63, 3.8) is 0 Å². The van der Waals surface area contributed by atoms with Crippen LogP contribution in [0.25, 0.3) is 0 Å². The van der Waals surface area contributed by atoms with Crippen LogP contribution < -0.4 is 10.6 Å². The largest absolute Gasteiger partial charge is 0.393 e. The maximum Gasteiger partial charge on any atom is 0.251 e. The first-order chi connectivity index (χ1) is 25.1. The number of carbonyl (C=O) groups excluding carboxylic acids is 2. The number of aliphatic hydroxyl groups excluding tert-OH is 1. The van der Waals surface area contributed by atoms with Crippen molar-refractivity contribution >= 4 is 11.8 Å². The maximum absolute atomic E-state index is 14.6. The van der Waals surface area contributed by atoms with E-state index in [1.165, 1.54) is 37.5 Å². The van der Waals surface area contributed by atoms with Gasteiger partial charge in [-0.05, 0) is 159 Å². The Bertz CT molecular complexity index is 1800. The van der Waals surface area contributed by atoms with E-state index in [-0.39, 0.29) is 51.5 Å². The monoisotopic (exact) mass is 718 g/mol. The van der Waals surface area contributed by atoms with E-state index in [0.29, 0.717) is 59.4 Å². The summed E-state index contributed by atoms with van der Waals surface area (Å²) in [5, 5.41) is 26.5. The molecule has 0 saturated heterocycles. The van der Waals surface area contributed by atoms with Gasteiger partial charge in [0.25, 0.3) is 5.91 Å². The lowest BCUT2D eigenvalue weighted by Gasteiger charge is -2.72. The Hall–Kier alpha value is -3.50. The molecular formula is C46H62N4O3. The summed E-state index contributed by atoms with van der Waals surface area (Å²) in [4.78, 5) is 31.9. The molecule has 5 saturated carbocycles. The Morgan fingerprint density at radius 3 is 2.43 bits per heavy atom. The second kappa shape index (κ2) is 13.7. The van der Waals surface area contributed by atoms with Gasteiger partial charge in [-0.25, -0.2) is 0 Å². The Balaban J connectivity index is 1.05. The topological polar surface area (TPSA) is 115 Å². The van der Waals surface area contributed by atoms with Crippen LogP contribution in [0.2, 0.25) is 0 Å². The Labute approximate surface area is 317 Å². The van der Waals surface area contributed by atoms with Gasteiger partial charge in [0, 0.05) is 18.3 Å². The van der Waals surface area contributed by atoms with Gasteiger partial charge in [-0.3, -0.25) is 14.6 Å². The third-order valence-electron chi connectivity index (χ3n) is 16.8. The first-order valence-electron chi connectivity index (χ1n) is 20.4. The van der Waals surface area contributed by atoms with Crippen molar-refractivity contribution in [3.05, 3.63) is 77.1 Å². The Morgan fingerprint density at radius 1 is 0.925 bits per heavy atom. The summed E-state index contributed by atoms with van der Waals surface area (Å²) >= 11 is 0. The fourth-order valence-electron chi connectivity index (χ4n) is 13.8. The van der Waals surface area contributed by atoms with Crippen molar-refractivity contribution in [2.75, 3.05) is 6.54 Å². The maximum atomic E-state index is 14.6. The summed E-state index contributed by atoms with van der Waals surface area (Å²) in [6.45, 7) is 20.0. The van der Waals surface area contributed by atoms with E-state index in [0.717, 1.165) is 44.1 Å². The number of benzene rings is 1. The molecule has 1 aromatic carbocycles. The van der Waals surface area contributed by atoms with Crippen LogP contribution in [0.15, 0.2) is 54.7 Å². The standard InChI is InChI=1S/C46H62N4O3/c1-29(2)34-15-21-46(41(53)48-24-18-30-9-8-10-32(25-30)40(52)50-28-33-12-11-31(26-47)27-49-33)23-22-44(6)35(39(34)46)13-14-37-43(5)19-17-38(51)42(3,4)36(43)16-20-45(37,44)7/h8-12,25,27,34-39,51H,1,13-24,28H2,2-7H3,(H,48,53)(H,50,52)/t34-,35?,36?,37?,38-,39?,43-,44+,45+,46-/m0/s1. The molecule has 7 nitrogen and oxygen atoms in total. The number of nitrogens with one attached hydrogen (secondary N) is 2. The van der Waals surface area contributed by atoms with Crippen LogP contribution >= 0.6 is 0 Å². The predicted molar refractivity (Wildman–Crippen MR) is 208 cm³/mol.